The molecule has 2 N–H and O–H groups in total. The van der Waals surface area contributed by atoms with Gasteiger partial charge in [0.1, 0.15) is 0 Å². The first-order chi connectivity index (χ1) is 5.74. The standard InChI is InChI=1S/C9H13NO2/c10-6-5-7-1-2-8(11)3-4-9(7)12/h3-4,7H,1-2,5-6,10H2. The van der Waals surface area contributed by atoms with E-state index in [0.717, 1.165) is 0 Å². The Hall–Kier alpha value is -0.960. The molecule has 1 aliphatic rings. The molecule has 0 aliphatic heterocycles. The summed E-state index contributed by atoms with van der Waals surface area (Å²) in [7, 11) is 0. The van der Waals surface area contributed by atoms with Crippen LogP contribution >= 0.6 is 0 Å². The number of allylic oxidation sites excluding steroid dienone is 2. The van der Waals surface area contributed by atoms with E-state index in [-0.39, 0.29) is 17.5 Å². The Morgan fingerprint density at radius 1 is 1.42 bits per heavy atom. The molecule has 0 saturated carbocycles. The van der Waals surface area contributed by atoms with E-state index < -0.39 is 0 Å². The van der Waals surface area contributed by atoms with Gasteiger partial charge in [-0.2, -0.15) is 0 Å². The fraction of sp³-hybridized carbons (Fsp3) is 0.556. The van der Waals surface area contributed by atoms with Gasteiger partial charge in [-0.1, -0.05) is 0 Å². The molecular formula is C9H13NO2. The SMILES string of the molecule is NCCC1CCC(=O)C=CC1=O. The van der Waals surface area contributed by atoms with E-state index in [9.17, 15) is 9.59 Å². The second-order valence-corrected chi connectivity index (χ2v) is 3.01. The number of ketones is 2. The highest BCUT2D eigenvalue weighted by molar-refractivity contribution is 6.01. The lowest BCUT2D eigenvalue weighted by Gasteiger charge is -2.08. The van der Waals surface area contributed by atoms with Gasteiger partial charge in [0.05, 0.1) is 0 Å². The first-order valence-corrected chi connectivity index (χ1v) is 4.19. The predicted octanol–water partition coefficient (Wildman–Crippen LogP) is 0.440. The molecule has 0 spiro atoms. The second-order valence-electron chi connectivity index (χ2n) is 3.01. The number of carbonyl (C=O) groups is 2. The summed E-state index contributed by atoms with van der Waals surface area (Å²) in [5, 5.41) is 0. The molecule has 0 aromatic rings. The van der Waals surface area contributed by atoms with Crippen molar-refractivity contribution in [1.82, 2.24) is 0 Å². The van der Waals surface area contributed by atoms with Crippen molar-refractivity contribution in [3.05, 3.63) is 12.2 Å². The second kappa shape index (κ2) is 4.16. The smallest absolute Gasteiger partial charge is 0.158 e. The van der Waals surface area contributed by atoms with Gasteiger partial charge in [0.25, 0.3) is 0 Å². The molecule has 66 valence electrons. The molecule has 1 aliphatic carbocycles. The Morgan fingerprint density at radius 2 is 2.17 bits per heavy atom. The van der Waals surface area contributed by atoms with Crippen LogP contribution in [-0.2, 0) is 9.59 Å². The molecule has 1 unspecified atom stereocenters. The number of nitrogens with two attached hydrogens (primary N) is 1. The van der Waals surface area contributed by atoms with Crippen LogP contribution in [0.3, 0.4) is 0 Å². The fourth-order valence-electron chi connectivity index (χ4n) is 1.34. The molecule has 1 atom stereocenters. The minimum Gasteiger partial charge on any atom is -0.330 e. The lowest BCUT2D eigenvalue weighted by molar-refractivity contribution is -0.118. The molecule has 12 heavy (non-hydrogen) atoms. The van der Waals surface area contributed by atoms with Gasteiger partial charge < -0.3 is 5.73 Å². The summed E-state index contributed by atoms with van der Waals surface area (Å²) in [6, 6.07) is 0. The summed E-state index contributed by atoms with van der Waals surface area (Å²) in [5.74, 6) is 0.0619. The van der Waals surface area contributed by atoms with E-state index in [1.807, 2.05) is 0 Å². The molecule has 1 rings (SSSR count). The first kappa shape index (κ1) is 9.13. The van der Waals surface area contributed by atoms with Crippen LogP contribution in [0.15, 0.2) is 12.2 Å². The molecule has 0 radical (unpaired) electrons. The molecule has 0 aromatic heterocycles. The molecule has 0 heterocycles. The third-order valence-corrected chi connectivity index (χ3v) is 2.09. The van der Waals surface area contributed by atoms with E-state index in [1.54, 1.807) is 0 Å². The zero-order chi connectivity index (χ0) is 8.97. The Labute approximate surface area is 71.6 Å². The molecular weight excluding hydrogens is 154 g/mol. The van der Waals surface area contributed by atoms with Crippen molar-refractivity contribution in [3.8, 4) is 0 Å². The van der Waals surface area contributed by atoms with Gasteiger partial charge in [0.2, 0.25) is 0 Å². The Morgan fingerprint density at radius 3 is 2.83 bits per heavy atom. The summed E-state index contributed by atoms with van der Waals surface area (Å²) < 4.78 is 0. The van der Waals surface area contributed by atoms with Crippen molar-refractivity contribution in [1.29, 1.82) is 0 Å². The van der Waals surface area contributed by atoms with E-state index in [1.165, 1.54) is 12.2 Å². The summed E-state index contributed by atoms with van der Waals surface area (Å²) in [6.07, 6.45) is 4.58. The van der Waals surface area contributed by atoms with Crippen LogP contribution < -0.4 is 5.73 Å². The van der Waals surface area contributed by atoms with Crippen molar-refractivity contribution < 1.29 is 9.59 Å². The molecule has 0 aromatic carbocycles. The van der Waals surface area contributed by atoms with Crippen molar-refractivity contribution in [3.63, 3.8) is 0 Å². The van der Waals surface area contributed by atoms with Crippen LogP contribution in [0.4, 0.5) is 0 Å². The molecule has 3 heteroatoms. The van der Waals surface area contributed by atoms with Gasteiger partial charge in [0, 0.05) is 12.3 Å². The average Bonchev–Trinajstić information content (AvgIpc) is 2.20. The van der Waals surface area contributed by atoms with Crippen LogP contribution in [0.5, 0.6) is 0 Å². The van der Waals surface area contributed by atoms with Crippen LogP contribution in [0.1, 0.15) is 19.3 Å². The molecule has 3 nitrogen and oxygen atoms in total. The summed E-state index contributed by atoms with van der Waals surface area (Å²) in [5.41, 5.74) is 5.35. The first-order valence-electron chi connectivity index (χ1n) is 4.19. The minimum atomic E-state index is -0.0299. The fourth-order valence-corrected chi connectivity index (χ4v) is 1.34. The number of rotatable bonds is 2. The van der Waals surface area contributed by atoms with E-state index in [2.05, 4.69) is 0 Å². The third kappa shape index (κ3) is 2.27. The van der Waals surface area contributed by atoms with Crippen LogP contribution in [0.2, 0.25) is 0 Å². The zero-order valence-corrected chi connectivity index (χ0v) is 6.95. The normalized spacial score (nSPS) is 24.2. The van der Waals surface area contributed by atoms with E-state index in [4.69, 9.17) is 5.73 Å². The van der Waals surface area contributed by atoms with Gasteiger partial charge in [-0.15, -0.1) is 0 Å². The number of hydrogen-bond acceptors (Lipinski definition) is 3. The molecule has 0 bridgehead atoms. The monoisotopic (exact) mass is 167 g/mol. The van der Waals surface area contributed by atoms with Crippen molar-refractivity contribution >= 4 is 11.6 Å². The maximum atomic E-state index is 11.3. The van der Waals surface area contributed by atoms with E-state index >= 15 is 0 Å². The highest BCUT2D eigenvalue weighted by Crippen LogP contribution is 2.16. The van der Waals surface area contributed by atoms with Crippen LogP contribution in [-0.4, -0.2) is 18.1 Å². The van der Waals surface area contributed by atoms with Crippen molar-refractivity contribution in [2.45, 2.75) is 19.3 Å². The lowest BCUT2D eigenvalue weighted by Crippen LogP contribution is -2.15. The van der Waals surface area contributed by atoms with Gasteiger partial charge in [-0.25, -0.2) is 0 Å². The van der Waals surface area contributed by atoms with Gasteiger partial charge in [-0.3, -0.25) is 9.59 Å². The number of carbonyl (C=O) groups excluding carboxylic acids is 2. The topological polar surface area (TPSA) is 60.2 Å². The maximum Gasteiger partial charge on any atom is 0.158 e. The summed E-state index contributed by atoms with van der Waals surface area (Å²) in [6.45, 7) is 0.512. The number of hydrogen-bond donors (Lipinski definition) is 1. The third-order valence-electron chi connectivity index (χ3n) is 2.09. The quantitative estimate of drug-likeness (QED) is 0.649. The molecule has 0 saturated heterocycles. The largest absolute Gasteiger partial charge is 0.330 e. The Kier molecular flexibility index (Phi) is 3.17. The van der Waals surface area contributed by atoms with Gasteiger partial charge >= 0.3 is 0 Å². The lowest BCUT2D eigenvalue weighted by atomic mass is 9.96. The van der Waals surface area contributed by atoms with Crippen LogP contribution in [0, 0.1) is 5.92 Å². The van der Waals surface area contributed by atoms with Gasteiger partial charge in [-0.05, 0) is 31.5 Å². The molecule has 0 amide bonds. The predicted molar refractivity (Wildman–Crippen MR) is 45.5 cm³/mol. The average molecular weight is 167 g/mol. The Balaban J connectivity index is 2.60. The Bertz CT molecular complexity index is 221. The van der Waals surface area contributed by atoms with Crippen molar-refractivity contribution in [2.75, 3.05) is 6.54 Å². The summed E-state index contributed by atoms with van der Waals surface area (Å²) in [4.78, 5) is 22.2. The van der Waals surface area contributed by atoms with Crippen LogP contribution in [0.25, 0.3) is 0 Å². The maximum absolute atomic E-state index is 11.3. The minimum absolute atomic E-state index is 0.0299. The van der Waals surface area contributed by atoms with E-state index in [0.29, 0.717) is 25.8 Å². The zero-order valence-electron chi connectivity index (χ0n) is 6.95. The highest BCUT2D eigenvalue weighted by atomic mass is 16.1. The van der Waals surface area contributed by atoms with Gasteiger partial charge in [0.15, 0.2) is 11.6 Å². The molecule has 0 fully saturated rings. The highest BCUT2D eigenvalue weighted by Gasteiger charge is 2.18. The van der Waals surface area contributed by atoms with Crippen molar-refractivity contribution in [2.24, 2.45) is 11.7 Å². The summed E-state index contributed by atoms with van der Waals surface area (Å²) >= 11 is 0.